The van der Waals surface area contributed by atoms with E-state index < -0.39 is 0 Å². The molecule has 0 aromatic carbocycles. The maximum atomic E-state index is 10.9. The first-order valence-electron chi connectivity index (χ1n) is 8.81. The van der Waals surface area contributed by atoms with Crippen molar-refractivity contribution in [3.63, 3.8) is 0 Å². The zero-order chi connectivity index (χ0) is 20.1. The Balaban J connectivity index is 0.000000188. The predicted octanol–water partition coefficient (Wildman–Crippen LogP) is 1.67. The SMILES string of the molecule is CCOc1ncc(N)cc1-c1cc(CC)n(C)n1.O=c1[nH]cnc2cn[nH]c12. The molecule has 10 heteroatoms. The van der Waals surface area contributed by atoms with Crippen LogP contribution in [0.15, 0.2) is 35.6 Å². The van der Waals surface area contributed by atoms with Crippen LogP contribution in [0.1, 0.15) is 19.5 Å². The number of anilines is 1. The van der Waals surface area contributed by atoms with E-state index in [4.69, 9.17) is 10.5 Å². The molecule has 0 fully saturated rings. The van der Waals surface area contributed by atoms with E-state index in [0.29, 0.717) is 29.2 Å². The Bertz CT molecular complexity index is 1130. The number of pyridine rings is 1. The Morgan fingerprint density at radius 1 is 1.21 bits per heavy atom. The topological polar surface area (TPSA) is 140 Å². The zero-order valence-corrected chi connectivity index (χ0v) is 15.9. The van der Waals surface area contributed by atoms with E-state index in [1.54, 1.807) is 6.20 Å². The largest absolute Gasteiger partial charge is 0.477 e. The molecule has 0 atom stereocenters. The molecule has 4 N–H and O–H groups in total. The van der Waals surface area contributed by atoms with Gasteiger partial charge in [0.15, 0.2) is 0 Å². The minimum atomic E-state index is -0.192. The summed E-state index contributed by atoms with van der Waals surface area (Å²) in [6, 6.07) is 3.89. The first-order chi connectivity index (χ1) is 13.5. The third-order valence-electron chi connectivity index (χ3n) is 4.01. The maximum absolute atomic E-state index is 10.9. The molecule has 0 bridgehead atoms. The highest BCUT2D eigenvalue weighted by molar-refractivity contribution is 5.71. The molecule has 0 aliphatic rings. The lowest BCUT2D eigenvalue weighted by molar-refractivity contribution is 0.328. The quantitative estimate of drug-likeness (QED) is 0.487. The molecule has 4 heterocycles. The fourth-order valence-corrected chi connectivity index (χ4v) is 2.65. The third-order valence-corrected chi connectivity index (χ3v) is 4.01. The number of nitrogens with one attached hydrogen (secondary N) is 2. The molecule has 4 rings (SSSR count). The van der Waals surface area contributed by atoms with Crippen LogP contribution >= 0.6 is 0 Å². The third kappa shape index (κ3) is 4.00. The van der Waals surface area contributed by atoms with Gasteiger partial charge in [0.2, 0.25) is 5.88 Å². The van der Waals surface area contributed by atoms with Crippen molar-refractivity contribution in [3.8, 4) is 17.1 Å². The molecule has 0 aliphatic heterocycles. The van der Waals surface area contributed by atoms with Gasteiger partial charge < -0.3 is 15.5 Å². The van der Waals surface area contributed by atoms with Gasteiger partial charge in [0.05, 0.1) is 42.3 Å². The van der Waals surface area contributed by atoms with Crippen LogP contribution in [-0.4, -0.2) is 41.5 Å². The molecule has 146 valence electrons. The molecule has 0 saturated carbocycles. The molecule has 0 aliphatic carbocycles. The van der Waals surface area contributed by atoms with E-state index >= 15 is 0 Å². The van der Waals surface area contributed by atoms with Crippen LogP contribution in [0.2, 0.25) is 0 Å². The molecule has 4 aromatic heterocycles. The van der Waals surface area contributed by atoms with E-state index in [1.807, 2.05) is 30.8 Å². The van der Waals surface area contributed by atoms with Gasteiger partial charge in [-0.3, -0.25) is 14.6 Å². The summed E-state index contributed by atoms with van der Waals surface area (Å²) in [6.45, 7) is 4.59. The lowest BCUT2D eigenvalue weighted by atomic mass is 10.1. The molecular formula is C18H22N8O2. The highest BCUT2D eigenvalue weighted by atomic mass is 16.5. The minimum Gasteiger partial charge on any atom is -0.477 e. The number of rotatable bonds is 4. The second-order valence-electron chi connectivity index (χ2n) is 5.91. The van der Waals surface area contributed by atoms with Crippen LogP contribution in [0, 0.1) is 0 Å². The van der Waals surface area contributed by atoms with Gasteiger partial charge in [-0.1, -0.05) is 6.92 Å². The van der Waals surface area contributed by atoms with Gasteiger partial charge >= 0.3 is 0 Å². The molecule has 10 nitrogen and oxygen atoms in total. The predicted molar refractivity (Wildman–Crippen MR) is 106 cm³/mol. The second-order valence-corrected chi connectivity index (χ2v) is 5.91. The Labute approximate surface area is 160 Å². The molecule has 0 saturated heterocycles. The highest BCUT2D eigenvalue weighted by Gasteiger charge is 2.13. The van der Waals surface area contributed by atoms with Crippen LogP contribution in [0.25, 0.3) is 22.3 Å². The molecule has 0 unspecified atom stereocenters. The number of aryl methyl sites for hydroxylation is 2. The zero-order valence-electron chi connectivity index (χ0n) is 15.9. The van der Waals surface area contributed by atoms with Gasteiger partial charge in [-0.15, -0.1) is 0 Å². The van der Waals surface area contributed by atoms with Crippen molar-refractivity contribution in [2.75, 3.05) is 12.3 Å². The van der Waals surface area contributed by atoms with E-state index in [0.717, 1.165) is 23.4 Å². The van der Waals surface area contributed by atoms with Crippen molar-refractivity contribution < 1.29 is 4.74 Å². The summed E-state index contributed by atoms with van der Waals surface area (Å²) < 4.78 is 7.38. The second kappa shape index (κ2) is 8.33. The highest BCUT2D eigenvalue weighted by Crippen LogP contribution is 2.29. The van der Waals surface area contributed by atoms with E-state index in [-0.39, 0.29) is 5.56 Å². The summed E-state index contributed by atoms with van der Waals surface area (Å²) in [5.74, 6) is 0.576. The normalized spacial score (nSPS) is 10.5. The number of aromatic amines is 2. The lowest BCUT2D eigenvalue weighted by Crippen LogP contribution is -2.05. The Morgan fingerprint density at radius 2 is 2.04 bits per heavy atom. The summed E-state index contributed by atoms with van der Waals surface area (Å²) >= 11 is 0. The van der Waals surface area contributed by atoms with E-state index in [9.17, 15) is 4.79 Å². The minimum absolute atomic E-state index is 0.192. The monoisotopic (exact) mass is 382 g/mol. The average Bonchev–Trinajstić information content (AvgIpc) is 3.31. The van der Waals surface area contributed by atoms with Gasteiger partial charge in [-0.2, -0.15) is 10.2 Å². The first kappa shape index (κ1) is 19.1. The first-order valence-corrected chi connectivity index (χ1v) is 8.81. The number of nitrogen functional groups attached to an aromatic ring is 1. The molecule has 28 heavy (non-hydrogen) atoms. The number of nitrogens with zero attached hydrogens (tertiary/aromatic N) is 5. The van der Waals surface area contributed by atoms with Crippen LogP contribution in [0.3, 0.4) is 0 Å². The van der Waals surface area contributed by atoms with E-state index in [1.165, 1.54) is 12.5 Å². The van der Waals surface area contributed by atoms with Crippen molar-refractivity contribution in [3.05, 3.63) is 46.9 Å². The summed E-state index contributed by atoms with van der Waals surface area (Å²) in [7, 11) is 1.93. The molecule has 0 radical (unpaired) electrons. The molecule has 0 amide bonds. The Hall–Kier alpha value is -3.69. The van der Waals surface area contributed by atoms with Crippen LogP contribution in [0.5, 0.6) is 5.88 Å². The van der Waals surface area contributed by atoms with Crippen LogP contribution < -0.4 is 16.0 Å². The van der Waals surface area contributed by atoms with Gasteiger partial charge in [0.25, 0.3) is 5.56 Å². The average molecular weight is 382 g/mol. The van der Waals surface area contributed by atoms with Crippen molar-refractivity contribution >= 4 is 16.7 Å². The van der Waals surface area contributed by atoms with Crippen molar-refractivity contribution in [1.29, 1.82) is 0 Å². The molecular weight excluding hydrogens is 360 g/mol. The number of H-pyrrole nitrogens is 2. The van der Waals surface area contributed by atoms with Gasteiger partial charge in [0.1, 0.15) is 11.0 Å². The van der Waals surface area contributed by atoms with Gasteiger partial charge in [-0.05, 0) is 25.5 Å². The van der Waals surface area contributed by atoms with Crippen molar-refractivity contribution in [1.82, 2.24) is 34.9 Å². The lowest BCUT2D eigenvalue weighted by Gasteiger charge is -2.07. The smallest absolute Gasteiger partial charge is 0.276 e. The number of ether oxygens (including phenoxy) is 1. The standard InChI is InChI=1S/C13H18N4O.C5H4N4O/c1-4-10-7-12(16-17(10)3)11-6-9(14)8-15-13(11)18-5-2;10-5-4-3(1-8-9-4)6-2-7-5/h6-8H,4-5,14H2,1-3H3;1-2H,(H,8,9)(H,6,7,10). The van der Waals surface area contributed by atoms with Crippen molar-refractivity contribution in [2.45, 2.75) is 20.3 Å². The van der Waals surface area contributed by atoms with Gasteiger partial charge in [-0.25, -0.2) is 9.97 Å². The van der Waals surface area contributed by atoms with Gasteiger partial charge in [0, 0.05) is 12.7 Å². The van der Waals surface area contributed by atoms with Crippen molar-refractivity contribution in [2.24, 2.45) is 7.05 Å². The van der Waals surface area contributed by atoms with Crippen LogP contribution in [-0.2, 0) is 13.5 Å². The summed E-state index contributed by atoms with van der Waals surface area (Å²) in [5, 5.41) is 10.7. The number of fused-ring (bicyclic) bond motifs is 1. The van der Waals surface area contributed by atoms with Crippen LogP contribution in [0.4, 0.5) is 5.69 Å². The summed E-state index contributed by atoms with van der Waals surface area (Å²) in [4.78, 5) is 21.4. The summed E-state index contributed by atoms with van der Waals surface area (Å²) in [6.07, 6.45) is 5.38. The number of nitrogens with two attached hydrogens (primary N) is 1. The Morgan fingerprint density at radius 3 is 2.71 bits per heavy atom. The molecule has 0 spiro atoms. The Kier molecular flexibility index (Phi) is 5.68. The maximum Gasteiger partial charge on any atom is 0.276 e. The number of aromatic nitrogens is 7. The number of hydrogen-bond acceptors (Lipinski definition) is 7. The van der Waals surface area contributed by atoms with E-state index in [2.05, 4.69) is 37.2 Å². The number of hydrogen-bond donors (Lipinski definition) is 3. The fourth-order valence-electron chi connectivity index (χ4n) is 2.65. The molecule has 4 aromatic rings. The fraction of sp³-hybridized carbons (Fsp3) is 0.278. The summed E-state index contributed by atoms with van der Waals surface area (Å²) in [5.41, 5.74) is 10.1.